The molecule has 0 radical (unpaired) electrons. The van der Waals surface area contributed by atoms with E-state index in [0.717, 1.165) is 24.8 Å². The van der Waals surface area contributed by atoms with Gasteiger partial charge in [-0.25, -0.2) is 0 Å². The number of carbonyl (C=O) groups is 2. The van der Waals surface area contributed by atoms with Gasteiger partial charge in [-0.15, -0.1) is 0 Å². The van der Waals surface area contributed by atoms with E-state index in [1.807, 2.05) is 26.8 Å². The van der Waals surface area contributed by atoms with Gasteiger partial charge in [0.2, 0.25) is 0 Å². The number of hydrogen-bond acceptors (Lipinski definition) is 6. The first-order valence-corrected chi connectivity index (χ1v) is 14.9. The van der Waals surface area contributed by atoms with Gasteiger partial charge in [0.25, 0.3) is 0 Å². The number of nitriles is 1. The second kappa shape index (κ2) is 8.29. The molecule has 0 spiro atoms. The van der Waals surface area contributed by atoms with Gasteiger partial charge in [0.1, 0.15) is 5.60 Å². The molecule has 214 valence electrons. The number of esters is 1. The van der Waals surface area contributed by atoms with Gasteiger partial charge < -0.3 is 14.9 Å². The molecule has 0 amide bonds. The zero-order chi connectivity index (χ0) is 29.0. The third-order valence-corrected chi connectivity index (χ3v) is 13.0. The summed E-state index contributed by atoms with van der Waals surface area (Å²) in [6, 6.07) is 2.23. The van der Waals surface area contributed by atoms with Crippen LogP contribution >= 0.6 is 0 Å². The fourth-order valence-corrected chi connectivity index (χ4v) is 10.4. The number of allylic oxidation sites excluding steroid dienone is 2. The van der Waals surface area contributed by atoms with Crippen LogP contribution in [0.15, 0.2) is 23.3 Å². The van der Waals surface area contributed by atoms with Gasteiger partial charge in [0, 0.05) is 16.7 Å². The summed E-state index contributed by atoms with van der Waals surface area (Å²) in [5, 5.41) is 34.0. The fraction of sp³-hybridized carbons (Fsp3) is 0.788. The van der Waals surface area contributed by atoms with Gasteiger partial charge in [-0.3, -0.25) is 9.59 Å². The Morgan fingerprint density at radius 2 is 1.69 bits per heavy atom. The average Bonchev–Trinajstić information content (AvgIpc) is 2.85. The van der Waals surface area contributed by atoms with Crippen molar-refractivity contribution in [3.63, 3.8) is 0 Å². The second-order valence-electron chi connectivity index (χ2n) is 15.5. The summed E-state index contributed by atoms with van der Waals surface area (Å²) in [5.74, 6) is -1.08. The van der Waals surface area contributed by atoms with Crippen LogP contribution in [0.2, 0.25) is 0 Å². The number of hydrogen-bond donors (Lipinski definition) is 2. The Morgan fingerprint density at radius 3 is 2.31 bits per heavy atom. The maximum absolute atomic E-state index is 14.5. The third-order valence-electron chi connectivity index (χ3n) is 13.0. The molecule has 0 aromatic carbocycles. The van der Waals surface area contributed by atoms with Crippen molar-refractivity contribution >= 4 is 11.8 Å². The molecule has 0 aromatic rings. The monoisotopic (exact) mass is 537 g/mol. The minimum atomic E-state index is -1.71. The molecule has 0 saturated heterocycles. The van der Waals surface area contributed by atoms with Crippen LogP contribution in [0.1, 0.15) is 100 Å². The molecule has 5 aliphatic rings. The molecule has 8 atom stereocenters. The molecule has 0 aliphatic heterocycles. The van der Waals surface area contributed by atoms with Gasteiger partial charge in [-0.2, -0.15) is 5.26 Å². The summed E-state index contributed by atoms with van der Waals surface area (Å²) in [5.41, 5.74) is -3.86. The topological polar surface area (TPSA) is 108 Å². The minimum Gasteiger partial charge on any atom is -0.466 e. The molecule has 0 heterocycles. The highest BCUT2D eigenvalue weighted by Crippen LogP contribution is 2.75. The number of nitrogens with zero attached hydrogens (tertiary/aromatic N) is 1. The standard InChI is InChI=1S/C33H47NO5/c1-9-39-26(37)32-14-12-27(2,3)18-23(32)33(38)24(35)16-22-29(6)17-20(19-34)25(36)28(4,5)21(29)10-11-30(22,7)31(33,8)13-15-32/h16-17,21,23,25,36,38H,9-15,18H2,1-8H3. The Morgan fingerprint density at radius 1 is 1.05 bits per heavy atom. The highest BCUT2D eigenvalue weighted by atomic mass is 16.5. The summed E-state index contributed by atoms with van der Waals surface area (Å²) >= 11 is 0. The van der Waals surface area contributed by atoms with Crippen LogP contribution < -0.4 is 0 Å². The van der Waals surface area contributed by atoms with Crippen LogP contribution in [0.5, 0.6) is 0 Å². The Hall–Kier alpha value is -1.97. The summed E-state index contributed by atoms with van der Waals surface area (Å²) in [6.07, 6.45) is 7.49. The molecule has 0 aromatic heterocycles. The first kappa shape index (κ1) is 28.6. The van der Waals surface area contributed by atoms with E-state index < -0.39 is 44.7 Å². The molecule has 6 nitrogen and oxygen atoms in total. The van der Waals surface area contributed by atoms with Gasteiger partial charge >= 0.3 is 5.97 Å². The van der Waals surface area contributed by atoms with Crippen molar-refractivity contribution < 1.29 is 24.5 Å². The molecular weight excluding hydrogens is 490 g/mol. The maximum atomic E-state index is 14.5. The molecule has 6 heteroatoms. The van der Waals surface area contributed by atoms with Crippen LogP contribution in [0.25, 0.3) is 0 Å². The van der Waals surface area contributed by atoms with E-state index in [2.05, 4.69) is 40.7 Å². The molecule has 0 bridgehead atoms. The summed E-state index contributed by atoms with van der Waals surface area (Å²) in [4.78, 5) is 28.2. The zero-order valence-electron chi connectivity index (χ0n) is 25.1. The summed E-state index contributed by atoms with van der Waals surface area (Å²) in [6.45, 7) is 16.9. The lowest BCUT2D eigenvalue weighted by Crippen LogP contribution is -2.75. The van der Waals surface area contributed by atoms with Crippen LogP contribution in [-0.4, -0.2) is 40.3 Å². The largest absolute Gasteiger partial charge is 0.466 e. The zero-order valence-corrected chi connectivity index (χ0v) is 25.1. The Bertz CT molecular complexity index is 1220. The van der Waals surface area contributed by atoms with Gasteiger partial charge in [0.05, 0.1) is 29.8 Å². The van der Waals surface area contributed by atoms with Crippen molar-refractivity contribution in [2.24, 2.45) is 44.3 Å². The van der Waals surface area contributed by atoms with Gasteiger partial charge in [0.15, 0.2) is 5.78 Å². The number of rotatable bonds is 2. The average molecular weight is 538 g/mol. The number of carbonyl (C=O) groups excluding carboxylic acids is 2. The van der Waals surface area contributed by atoms with E-state index >= 15 is 0 Å². The van der Waals surface area contributed by atoms with Crippen LogP contribution in [0, 0.1) is 55.7 Å². The lowest BCUT2D eigenvalue weighted by Gasteiger charge is -2.71. The number of ether oxygens (including phenoxy) is 1. The van der Waals surface area contributed by atoms with Gasteiger partial charge in [-0.05, 0) is 85.7 Å². The predicted octanol–water partition coefficient (Wildman–Crippen LogP) is 5.68. The molecule has 2 N–H and O–H groups in total. The Labute approximate surface area is 233 Å². The van der Waals surface area contributed by atoms with Crippen molar-refractivity contribution in [1.82, 2.24) is 0 Å². The summed E-state index contributed by atoms with van der Waals surface area (Å²) in [7, 11) is 0. The van der Waals surface area contributed by atoms with E-state index in [4.69, 9.17) is 4.74 Å². The van der Waals surface area contributed by atoms with Crippen LogP contribution in [0.4, 0.5) is 0 Å². The maximum Gasteiger partial charge on any atom is 0.312 e. The van der Waals surface area contributed by atoms with Gasteiger partial charge in [-0.1, -0.05) is 54.5 Å². The lowest BCUT2D eigenvalue weighted by atomic mass is 9.32. The predicted molar refractivity (Wildman–Crippen MR) is 148 cm³/mol. The number of ketones is 1. The SMILES string of the molecule is CCOC(=O)C12CCC(C)(C)CC1C1(O)C(=O)C=C3C4(C)C=C(C#N)C(O)C(C)(C)C4CCC3(C)C1(C)CC2. The minimum absolute atomic E-state index is 0.0369. The van der Waals surface area contributed by atoms with E-state index in [-0.39, 0.29) is 29.7 Å². The third kappa shape index (κ3) is 3.27. The molecule has 8 unspecified atom stereocenters. The summed E-state index contributed by atoms with van der Waals surface area (Å²) < 4.78 is 5.64. The quantitative estimate of drug-likeness (QED) is 0.439. The van der Waals surface area contributed by atoms with Crippen molar-refractivity contribution in [2.75, 3.05) is 6.61 Å². The van der Waals surface area contributed by atoms with Crippen molar-refractivity contribution in [3.05, 3.63) is 23.3 Å². The lowest BCUT2D eigenvalue weighted by molar-refractivity contribution is -0.249. The first-order chi connectivity index (χ1) is 17.9. The van der Waals surface area contributed by atoms with Crippen molar-refractivity contribution in [1.29, 1.82) is 5.26 Å². The second-order valence-corrected chi connectivity index (χ2v) is 15.5. The smallest absolute Gasteiger partial charge is 0.312 e. The van der Waals surface area contributed by atoms with E-state index in [0.29, 0.717) is 31.3 Å². The number of aliphatic hydroxyl groups excluding tert-OH is 1. The molecule has 3 fully saturated rings. The fourth-order valence-electron chi connectivity index (χ4n) is 10.4. The van der Waals surface area contributed by atoms with Crippen molar-refractivity contribution in [3.8, 4) is 6.07 Å². The number of fused-ring (bicyclic) bond motifs is 7. The van der Waals surface area contributed by atoms with Crippen LogP contribution in [-0.2, 0) is 14.3 Å². The van der Waals surface area contributed by atoms with Crippen molar-refractivity contribution in [2.45, 2.75) is 112 Å². The first-order valence-electron chi connectivity index (χ1n) is 14.9. The molecule has 5 rings (SSSR count). The normalized spacial score (nSPS) is 47.7. The highest BCUT2D eigenvalue weighted by molar-refractivity contribution is 6.01. The molecule has 5 aliphatic carbocycles. The number of aliphatic hydroxyl groups is 2. The highest BCUT2D eigenvalue weighted by Gasteiger charge is 2.77. The van der Waals surface area contributed by atoms with E-state index in [9.17, 15) is 25.1 Å². The Kier molecular flexibility index (Phi) is 6.07. The molecular formula is C33H47NO5. The Balaban J connectivity index is 1.73. The molecule has 39 heavy (non-hydrogen) atoms. The molecule has 3 saturated carbocycles. The van der Waals surface area contributed by atoms with Crippen LogP contribution in [0.3, 0.4) is 0 Å². The van der Waals surface area contributed by atoms with E-state index in [1.54, 1.807) is 6.08 Å². The van der Waals surface area contributed by atoms with E-state index in [1.165, 1.54) is 0 Å².